The van der Waals surface area contributed by atoms with Gasteiger partial charge in [-0.05, 0) is 26.0 Å². The third kappa shape index (κ3) is 3.43. The van der Waals surface area contributed by atoms with Gasteiger partial charge in [-0.1, -0.05) is 29.8 Å². The summed E-state index contributed by atoms with van der Waals surface area (Å²) in [5, 5.41) is 5.58. The molecule has 3 heterocycles. The maximum atomic E-state index is 12.5. The lowest BCUT2D eigenvalue weighted by Crippen LogP contribution is -2.41. The molecular formula is C20H22N4OS. The molecule has 1 aliphatic heterocycles. The average Bonchev–Trinajstić information content (AvgIpc) is 3.28. The van der Waals surface area contributed by atoms with Crippen LogP contribution < -0.4 is 5.32 Å². The SMILES string of the molecule is Cc1ccc(-c2csc(NC(=O)CN3CCn4cccc4C3C)n2)cc1. The first kappa shape index (κ1) is 17.0. The van der Waals surface area contributed by atoms with Crippen LogP contribution in [0.25, 0.3) is 11.3 Å². The van der Waals surface area contributed by atoms with Gasteiger partial charge in [0.05, 0.1) is 12.2 Å². The molecule has 1 amide bonds. The fraction of sp³-hybridized carbons (Fsp3) is 0.300. The molecule has 1 unspecified atom stereocenters. The second-order valence-corrected chi connectivity index (χ2v) is 7.58. The van der Waals surface area contributed by atoms with Crippen molar-refractivity contribution in [3.05, 3.63) is 59.2 Å². The van der Waals surface area contributed by atoms with E-state index in [1.807, 2.05) is 5.38 Å². The number of nitrogens with zero attached hydrogens (tertiary/aromatic N) is 3. The highest BCUT2D eigenvalue weighted by Crippen LogP contribution is 2.27. The fourth-order valence-electron chi connectivity index (χ4n) is 3.37. The monoisotopic (exact) mass is 366 g/mol. The number of benzene rings is 1. The molecule has 0 aliphatic carbocycles. The minimum atomic E-state index is -0.0123. The van der Waals surface area contributed by atoms with E-state index in [0.717, 1.165) is 24.3 Å². The van der Waals surface area contributed by atoms with Crippen LogP contribution in [0.1, 0.15) is 24.2 Å². The van der Waals surface area contributed by atoms with Crippen LogP contribution in [0.5, 0.6) is 0 Å². The largest absolute Gasteiger partial charge is 0.349 e. The number of thiazole rings is 1. The number of aryl methyl sites for hydroxylation is 1. The summed E-state index contributed by atoms with van der Waals surface area (Å²) in [5.41, 5.74) is 4.45. The molecule has 0 fully saturated rings. The van der Waals surface area contributed by atoms with Gasteiger partial charge in [0, 0.05) is 42.0 Å². The van der Waals surface area contributed by atoms with Gasteiger partial charge in [0.2, 0.25) is 5.91 Å². The molecule has 0 bridgehead atoms. The quantitative estimate of drug-likeness (QED) is 0.761. The summed E-state index contributed by atoms with van der Waals surface area (Å²) in [6.45, 7) is 6.40. The second kappa shape index (κ2) is 7.05. The molecule has 1 atom stereocenters. The van der Waals surface area contributed by atoms with Crippen LogP contribution in [0.15, 0.2) is 48.0 Å². The standard InChI is InChI=1S/C20H22N4OS/c1-14-5-7-16(8-6-14)17-13-26-20(21-17)22-19(25)12-24-11-10-23-9-3-4-18(23)15(24)2/h3-9,13,15H,10-12H2,1-2H3,(H,21,22,25). The van der Waals surface area contributed by atoms with Gasteiger partial charge in [-0.15, -0.1) is 11.3 Å². The number of hydrogen-bond acceptors (Lipinski definition) is 4. The number of carbonyl (C=O) groups excluding carboxylic acids is 1. The van der Waals surface area contributed by atoms with Crippen molar-refractivity contribution in [3.63, 3.8) is 0 Å². The smallest absolute Gasteiger partial charge is 0.240 e. The Morgan fingerprint density at radius 1 is 1.27 bits per heavy atom. The Hall–Kier alpha value is -2.44. The van der Waals surface area contributed by atoms with Crippen molar-refractivity contribution in [2.45, 2.75) is 26.4 Å². The van der Waals surface area contributed by atoms with E-state index < -0.39 is 0 Å². The Labute approximate surface area is 157 Å². The molecule has 4 rings (SSSR count). The van der Waals surface area contributed by atoms with E-state index in [9.17, 15) is 4.79 Å². The van der Waals surface area contributed by atoms with Crippen LogP contribution in [0.3, 0.4) is 0 Å². The van der Waals surface area contributed by atoms with Crippen molar-refractivity contribution in [2.24, 2.45) is 0 Å². The van der Waals surface area contributed by atoms with Crippen LogP contribution in [0.2, 0.25) is 0 Å². The highest BCUT2D eigenvalue weighted by molar-refractivity contribution is 7.14. The third-order valence-corrected chi connectivity index (χ3v) is 5.67. The summed E-state index contributed by atoms with van der Waals surface area (Å²) in [6.07, 6.45) is 2.10. The summed E-state index contributed by atoms with van der Waals surface area (Å²) < 4.78 is 2.26. The molecule has 26 heavy (non-hydrogen) atoms. The van der Waals surface area contributed by atoms with Gasteiger partial charge < -0.3 is 9.88 Å². The Morgan fingerprint density at radius 3 is 2.88 bits per heavy atom. The molecule has 0 radical (unpaired) electrons. The van der Waals surface area contributed by atoms with Crippen LogP contribution >= 0.6 is 11.3 Å². The van der Waals surface area contributed by atoms with Gasteiger partial charge in [0.1, 0.15) is 0 Å². The summed E-state index contributed by atoms with van der Waals surface area (Å²) in [7, 11) is 0. The van der Waals surface area contributed by atoms with E-state index in [1.54, 1.807) is 0 Å². The molecule has 0 saturated heterocycles. The number of amides is 1. The van der Waals surface area contributed by atoms with E-state index in [-0.39, 0.29) is 11.9 Å². The first-order chi connectivity index (χ1) is 12.6. The average molecular weight is 366 g/mol. The predicted molar refractivity (Wildman–Crippen MR) is 105 cm³/mol. The molecular weight excluding hydrogens is 344 g/mol. The first-order valence-electron chi connectivity index (χ1n) is 8.81. The minimum Gasteiger partial charge on any atom is -0.349 e. The summed E-state index contributed by atoms with van der Waals surface area (Å²) >= 11 is 1.46. The van der Waals surface area contributed by atoms with E-state index in [1.165, 1.54) is 22.6 Å². The molecule has 3 aromatic rings. The Bertz CT molecular complexity index is 912. The highest BCUT2D eigenvalue weighted by atomic mass is 32.1. The van der Waals surface area contributed by atoms with Gasteiger partial charge >= 0.3 is 0 Å². The van der Waals surface area contributed by atoms with Gasteiger partial charge in [-0.25, -0.2) is 4.98 Å². The zero-order valence-corrected chi connectivity index (χ0v) is 15.8. The van der Waals surface area contributed by atoms with Crippen molar-refractivity contribution >= 4 is 22.4 Å². The summed E-state index contributed by atoms with van der Waals surface area (Å²) in [5.74, 6) is -0.0123. The lowest BCUT2D eigenvalue weighted by atomic mass is 10.1. The Balaban J connectivity index is 1.39. The highest BCUT2D eigenvalue weighted by Gasteiger charge is 2.25. The van der Waals surface area contributed by atoms with Gasteiger partial charge in [0.25, 0.3) is 0 Å². The molecule has 6 heteroatoms. The predicted octanol–water partition coefficient (Wildman–Crippen LogP) is 3.94. The molecule has 0 spiro atoms. The number of aromatic nitrogens is 2. The van der Waals surface area contributed by atoms with E-state index in [2.05, 4.69) is 76.2 Å². The number of hydrogen-bond donors (Lipinski definition) is 1. The summed E-state index contributed by atoms with van der Waals surface area (Å²) in [4.78, 5) is 19.2. The Morgan fingerprint density at radius 2 is 2.08 bits per heavy atom. The molecule has 1 aliphatic rings. The normalized spacial score (nSPS) is 17.1. The molecule has 2 aromatic heterocycles. The third-order valence-electron chi connectivity index (χ3n) is 4.91. The number of rotatable bonds is 4. The summed E-state index contributed by atoms with van der Waals surface area (Å²) in [6, 6.07) is 12.7. The van der Waals surface area contributed by atoms with Crippen LogP contribution in [0.4, 0.5) is 5.13 Å². The number of carbonyl (C=O) groups is 1. The van der Waals surface area contributed by atoms with E-state index >= 15 is 0 Å². The van der Waals surface area contributed by atoms with Crippen LogP contribution in [-0.2, 0) is 11.3 Å². The Kier molecular flexibility index (Phi) is 4.61. The fourth-order valence-corrected chi connectivity index (χ4v) is 4.11. The second-order valence-electron chi connectivity index (χ2n) is 6.72. The lowest BCUT2D eigenvalue weighted by Gasteiger charge is -2.34. The molecule has 134 valence electrons. The van der Waals surface area contributed by atoms with E-state index in [4.69, 9.17) is 0 Å². The molecule has 0 saturated carbocycles. The van der Waals surface area contributed by atoms with Crippen LogP contribution in [0, 0.1) is 6.92 Å². The van der Waals surface area contributed by atoms with Crippen LogP contribution in [-0.4, -0.2) is 33.4 Å². The topological polar surface area (TPSA) is 50.2 Å². The van der Waals surface area contributed by atoms with Crippen molar-refractivity contribution in [1.29, 1.82) is 0 Å². The molecule has 1 N–H and O–H groups in total. The number of anilines is 1. The molecule has 5 nitrogen and oxygen atoms in total. The molecule has 1 aromatic carbocycles. The number of fused-ring (bicyclic) bond motifs is 1. The lowest BCUT2D eigenvalue weighted by molar-refractivity contribution is -0.118. The maximum Gasteiger partial charge on any atom is 0.240 e. The van der Waals surface area contributed by atoms with Gasteiger partial charge in [-0.2, -0.15) is 0 Å². The van der Waals surface area contributed by atoms with Crippen molar-refractivity contribution in [3.8, 4) is 11.3 Å². The van der Waals surface area contributed by atoms with Crippen molar-refractivity contribution < 1.29 is 4.79 Å². The van der Waals surface area contributed by atoms with E-state index in [0.29, 0.717) is 11.7 Å². The zero-order chi connectivity index (χ0) is 18.1. The first-order valence-corrected chi connectivity index (χ1v) is 9.69. The minimum absolute atomic E-state index is 0.0123. The maximum absolute atomic E-state index is 12.5. The number of nitrogens with one attached hydrogen (secondary N) is 1. The van der Waals surface area contributed by atoms with Gasteiger partial charge in [-0.3, -0.25) is 9.69 Å². The van der Waals surface area contributed by atoms with Crippen molar-refractivity contribution in [2.75, 3.05) is 18.4 Å². The van der Waals surface area contributed by atoms with Crippen molar-refractivity contribution in [1.82, 2.24) is 14.5 Å². The zero-order valence-electron chi connectivity index (χ0n) is 15.0. The van der Waals surface area contributed by atoms with Gasteiger partial charge in [0.15, 0.2) is 5.13 Å².